The fraction of sp³-hybridized carbons (Fsp3) is 0.111. The van der Waals surface area contributed by atoms with Crippen LogP contribution >= 0.6 is 23.2 Å². The summed E-state index contributed by atoms with van der Waals surface area (Å²) < 4.78 is 0. The molecule has 1 amide bonds. The lowest BCUT2D eigenvalue weighted by Gasteiger charge is -2.10. The van der Waals surface area contributed by atoms with E-state index in [1.165, 1.54) is 6.07 Å². The van der Waals surface area contributed by atoms with Gasteiger partial charge in [-0.3, -0.25) is 9.59 Å². The number of hydrogen-bond donors (Lipinski definition) is 2. The first-order chi connectivity index (χ1) is 11.4. The van der Waals surface area contributed by atoms with Crippen LogP contribution < -0.4 is 10.9 Å². The van der Waals surface area contributed by atoms with Crippen LogP contribution in [-0.2, 0) is 0 Å². The van der Waals surface area contributed by atoms with Crippen LogP contribution in [0.1, 0.15) is 21.5 Å². The van der Waals surface area contributed by atoms with E-state index >= 15 is 0 Å². The Morgan fingerprint density at radius 3 is 2.54 bits per heavy atom. The van der Waals surface area contributed by atoms with Crippen molar-refractivity contribution in [2.75, 3.05) is 5.32 Å². The number of pyridine rings is 1. The van der Waals surface area contributed by atoms with Crippen molar-refractivity contribution in [1.29, 1.82) is 0 Å². The Labute approximate surface area is 148 Å². The van der Waals surface area contributed by atoms with Gasteiger partial charge in [-0.05, 0) is 49.7 Å². The van der Waals surface area contributed by atoms with Crippen LogP contribution in [0.3, 0.4) is 0 Å². The summed E-state index contributed by atoms with van der Waals surface area (Å²) in [6, 6.07) is 10.1. The lowest BCUT2D eigenvalue weighted by atomic mass is 10.1. The van der Waals surface area contributed by atoms with Gasteiger partial charge in [0, 0.05) is 21.7 Å². The third-order valence-electron chi connectivity index (χ3n) is 4.01. The molecule has 1 heterocycles. The van der Waals surface area contributed by atoms with Gasteiger partial charge in [-0.25, -0.2) is 0 Å². The van der Waals surface area contributed by atoms with Crippen molar-refractivity contribution in [1.82, 2.24) is 4.98 Å². The maximum atomic E-state index is 12.4. The highest BCUT2D eigenvalue weighted by Crippen LogP contribution is 2.24. The standard InChI is InChI=1S/C18H14Cl2N2O2/c1-9-10(2)17(23)22-16-8-12(4-5-13(9)16)21-18(24)14-7-11(19)3-6-15(14)20/h3-8H,1-2H3,(H,21,24)(H,22,23). The van der Waals surface area contributed by atoms with E-state index in [4.69, 9.17) is 23.2 Å². The second-order valence-corrected chi connectivity index (χ2v) is 6.39. The molecule has 0 aliphatic rings. The molecule has 1 aromatic heterocycles. The molecule has 3 rings (SSSR count). The Hall–Kier alpha value is -2.30. The van der Waals surface area contributed by atoms with Crippen LogP contribution in [0.25, 0.3) is 10.9 Å². The molecule has 3 aromatic rings. The van der Waals surface area contributed by atoms with E-state index in [9.17, 15) is 9.59 Å². The molecular weight excluding hydrogens is 347 g/mol. The number of fused-ring (bicyclic) bond motifs is 1. The smallest absolute Gasteiger partial charge is 0.257 e. The summed E-state index contributed by atoms with van der Waals surface area (Å²) in [6.45, 7) is 3.68. The molecule has 0 fully saturated rings. The molecule has 0 atom stereocenters. The molecular formula is C18H14Cl2N2O2. The van der Waals surface area contributed by atoms with Gasteiger partial charge in [0.25, 0.3) is 11.5 Å². The van der Waals surface area contributed by atoms with Gasteiger partial charge in [0.1, 0.15) is 0 Å². The highest BCUT2D eigenvalue weighted by atomic mass is 35.5. The predicted octanol–water partition coefficient (Wildman–Crippen LogP) is 4.70. The molecule has 0 bridgehead atoms. The van der Waals surface area contributed by atoms with Crippen LogP contribution in [0.4, 0.5) is 5.69 Å². The number of aromatic nitrogens is 1. The van der Waals surface area contributed by atoms with Crippen molar-refractivity contribution in [3.63, 3.8) is 0 Å². The summed E-state index contributed by atoms with van der Waals surface area (Å²) in [5.74, 6) is -0.368. The van der Waals surface area contributed by atoms with Crippen molar-refractivity contribution >= 4 is 45.7 Å². The lowest BCUT2D eigenvalue weighted by molar-refractivity contribution is 0.102. The molecule has 0 aliphatic carbocycles. The van der Waals surface area contributed by atoms with Gasteiger partial charge < -0.3 is 10.3 Å². The minimum atomic E-state index is -0.368. The molecule has 24 heavy (non-hydrogen) atoms. The second kappa shape index (κ2) is 6.30. The summed E-state index contributed by atoms with van der Waals surface area (Å²) in [7, 11) is 0. The monoisotopic (exact) mass is 360 g/mol. The molecule has 2 N–H and O–H groups in total. The number of nitrogens with one attached hydrogen (secondary N) is 2. The summed E-state index contributed by atoms with van der Waals surface area (Å²) >= 11 is 12.0. The van der Waals surface area contributed by atoms with E-state index in [-0.39, 0.29) is 17.0 Å². The lowest BCUT2D eigenvalue weighted by Crippen LogP contribution is -2.14. The van der Waals surface area contributed by atoms with Crippen molar-refractivity contribution in [2.24, 2.45) is 0 Å². The minimum absolute atomic E-state index is 0.138. The number of carbonyl (C=O) groups excluding carboxylic acids is 1. The first-order valence-electron chi connectivity index (χ1n) is 7.26. The molecule has 0 aliphatic heterocycles. The van der Waals surface area contributed by atoms with Crippen LogP contribution in [0.15, 0.2) is 41.2 Å². The number of rotatable bonds is 2. The average molecular weight is 361 g/mol. The van der Waals surface area contributed by atoms with Gasteiger partial charge in [-0.2, -0.15) is 0 Å². The zero-order valence-corrected chi connectivity index (χ0v) is 14.5. The molecule has 0 saturated carbocycles. The highest BCUT2D eigenvalue weighted by Gasteiger charge is 2.12. The number of anilines is 1. The largest absolute Gasteiger partial charge is 0.322 e. The number of hydrogen-bond acceptors (Lipinski definition) is 2. The van der Waals surface area contributed by atoms with Gasteiger partial charge in [-0.15, -0.1) is 0 Å². The number of aryl methyl sites for hydroxylation is 1. The Morgan fingerprint density at radius 2 is 1.79 bits per heavy atom. The zero-order chi connectivity index (χ0) is 17.4. The fourth-order valence-electron chi connectivity index (χ4n) is 2.51. The molecule has 6 heteroatoms. The predicted molar refractivity (Wildman–Crippen MR) is 98.5 cm³/mol. The quantitative estimate of drug-likeness (QED) is 0.695. The van der Waals surface area contributed by atoms with Crippen molar-refractivity contribution < 1.29 is 4.79 Å². The van der Waals surface area contributed by atoms with Gasteiger partial charge in [0.2, 0.25) is 0 Å². The summed E-state index contributed by atoms with van der Waals surface area (Å²) in [6.07, 6.45) is 0. The third-order valence-corrected chi connectivity index (χ3v) is 4.57. The summed E-state index contributed by atoms with van der Waals surface area (Å²) in [5, 5.41) is 4.45. The van der Waals surface area contributed by atoms with Crippen LogP contribution in [-0.4, -0.2) is 10.9 Å². The maximum absolute atomic E-state index is 12.4. The molecule has 0 radical (unpaired) electrons. The van der Waals surface area contributed by atoms with Crippen LogP contribution in [0, 0.1) is 13.8 Å². The SMILES string of the molecule is Cc1c(C)c2ccc(NC(=O)c3cc(Cl)ccc3Cl)cc2[nH]c1=O. The summed E-state index contributed by atoms with van der Waals surface area (Å²) in [5.41, 5.74) is 2.98. The van der Waals surface area contributed by atoms with Gasteiger partial charge in [0.05, 0.1) is 16.1 Å². The van der Waals surface area contributed by atoms with Gasteiger partial charge in [-0.1, -0.05) is 29.3 Å². The molecule has 4 nitrogen and oxygen atoms in total. The zero-order valence-electron chi connectivity index (χ0n) is 13.0. The number of H-pyrrole nitrogens is 1. The van der Waals surface area contributed by atoms with E-state index in [0.29, 0.717) is 26.8 Å². The van der Waals surface area contributed by atoms with E-state index in [2.05, 4.69) is 10.3 Å². The Bertz CT molecular complexity index is 1030. The number of amides is 1. The second-order valence-electron chi connectivity index (χ2n) is 5.54. The van der Waals surface area contributed by atoms with E-state index in [1.807, 2.05) is 13.0 Å². The van der Waals surface area contributed by atoms with E-state index in [0.717, 1.165) is 10.9 Å². The number of halogens is 2. The van der Waals surface area contributed by atoms with Crippen molar-refractivity contribution in [3.8, 4) is 0 Å². The molecule has 122 valence electrons. The first kappa shape index (κ1) is 16.6. The summed E-state index contributed by atoms with van der Waals surface area (Å²) in [4.78, 5) is 27.1. The molecule has 0 saturated heterocycles. The van der Waals surface area contributed by atoms with Crippen LogP contribution in [0.2, 0.25) is 10.0 Å². The number of aromatic amines is 1. The molecule has 2 aromatic carbocycles. The number of benzene rings is 2. The third kappa shape index (κ3) is 3.03. The van der Waals surface area contributed by atoms with Crippen molar-refractivity contribution in [3.05, 3.63) is 73.5 Å². The Morgan fingerprint density at radius 1 is 1.04 bits per heavy atom. The fourth-order valence-corrected chi connectivity index (χ4v) is 2.89. The van der Waals surface area contributed by atoms with Crippen molar-refractivity contribution in [2.45, 2.75) is 13.8 Å². The normalized spacial score (nSPS) is 10.8. The topological polar surface area (TPSA) is 62.0 Å². The van der Waals surface area contributed by atoms with Crippen LogP contribution in [0.5, 0.6) is 0 Å². The molecule has 0 spiro atoms. The first-order valence-corrected chi connectivity index (χ1v) is 8.02. The van der Waals surface area contributed by atoms with E-state index < -0.39 is 0 Å². The Balaban J connectivity index is 1.99. The molecule has 0 unspecified atom stereocenters. The van der Waals surface area contributed by atoms with Gasteiger partial charge in [0.15, 0.2) is 0 Å². The number of carbonyl (C=O) groups is 1. The minimum Gasteiger partial charge on any atom is -0.322 e. The highest BCUT2D eigenvalue weighted by molar-refractivity contribution is 6.36. The maximum Gasteiger partial charge on any atom is 0.257 e. The average Bonchev–Trinajstić information content (AvgIpc) is 2.54. The van der Waals surface area contributed by atoms with Gasteiger partial charge >= 0.3 is 0 Å². The Kier molecular flexibility index (Phi) is 4.35. The van der Waals surface area contributed by atoms with E-state index in [1.54, 1.807) is 31.2 Å².